The number of pyridine rings is 2. The highest BCUT2D eigenvalue weighted by atomic mass is 16.6. The Labute approximate surface area is 252 Å². The Balaban J connectivity index is 1.39. The third-order valence-electron chi connectivity index (χ3n) is 8.23. The predicted molar refractivity (Wildman–Crippen MR) is 158 cm³/mol. The van der Waals surface area contributed by atoms with Crippen molar-refractivity contribution in [1.29, 1.82) is 0 Å². The quantitative estimate of drug-likeness (QED) is 0.134. The maximum atomic E-state index is 13.7. The third kappa shape index (κ3) is 5.67. The monoisotopic (exact) mass is 605 g/mol. The number of cyclic esters (lactones) is 1. The topological polar surface area (TPSA) is 206 Å². The Bertz CT molecular complexity index is 1700. The molecule has 13 nitrogen and oxygen atoms in total. The van der Waals surface area contributed by atoms with Crippen molar-refractivity contribution in [3.63, 3.8) is 0 Å². The number of rotatable bonds is 12. The normalized spacial score (nSPS) is 18.0. The molecule has 0 radical (unpaired) electrons. The van der Waals surface area contributed by atoms with Gasteiger partial charge in [0, 0.05) is 22.9 Å². The molecule has 3 atom stereocenters. The molecule has 2 aliphatic heterocycles. The van der Waals surface area contributed by atoms with Crippen LogP contribution in [0.5, 0.6) is 0 Å². The number of fused-ring (bicyclic) bond motifs is 5. The van der Waals surface area contributed by atoms with Gasteiger partial charge in [-0.25, -0.2) is 14.6 Å². The second-order valence-corrected chi connectivity index (χ2v) is 11.1. The van der Waals surface area contributed by atoms with Crippen LogP contribution in [0.25, 0.3) is 22.3 Å². The number of carbonyl (C=O) groups excluding carboxylic acids is 3. The first-order valence-corrected chi connectivity index (χ1v) is 14.6. The van der Waals surface area contributed by atoms with Crippen LogP contribution in [0.1, 0.15) is 62.1 Å². The maximum Gasteiger partial charge on any atom is 0.355 e. The molecule has 232 valence electrons. The highest BCUT2D eigenvalue weighted by molar-refractivity contribution is 5.89. The number of hydrogen-bond donors (Lipinski definition) is 4. The predicted octanol–water partition coefficient (Wildman–Crippen LogP) is 1.44. The number of ether oxygens (including phenoxy) is 2. The first-order chi connectivity index (χ1) is 21.1. The smallest absolute Gasteiger partial charge is 0.355 e. The van der Waals surface area contributed by atoms with E-state index in [4.69, 9.17) is 25.9 Å². The Hall–Kier alpha value is -4.62. The summed E-state index contributed by atoms with van der Waals surface area (Å²) in [6.07, 6.45) is 0.824. The summed E-state index contributed by atoms with van der Waals surface area (Å²) in [6.45, 7) is 2.09. The van der Waals surface area contributed by atoms with Crippen LogP contribution < -0.4 is 22.3 Å². The molecule has 0 spiro atoms. The van der Waals surface area contributed by atoms with E-state index in [2.05, 4.69) is 5.32 Å². The number of nitrogens with zero attached hydrogens (tertiary/aromatic N) is 2. The van der Waals surface area contributed by atoms with Gasteiger partial charge in [0.15, 0.2) is 0 Å². The summed E-state index contributed by atoms with van der Waals surface area (Å²) in [5, 5.41) is 12.9. The summed E-state index contributed by atoms with van der Waals surface area (Å²) < 4.78 is 12.7. The molecule has 2 aromatic heterocycles. The van der Waals surface area contributed by atoms with Crippen LogP contribution in [0.15, 0.2) is 41.2 Å². The van der Waals surface area contributed by atoms with E-state index >= 15 is 0 Å². The maximum absolute atomic E-state index is 13.7. The van der Waals surface area contributed by atoms with Crippen molar-refractivity contribution >= 4 is 34.7 Å². The lowest BCUT2D eigenvalue weighted by Crippen LogP contribution is -2.49. The molecule has 13 heteroatoms. The van der Waals surface area contributed by atoms with E-state index in [0.717, 1.165) is 16.5 Å². The molecule has 0 saturated carbocycles. The zero-order valence-corrected chi connectivity index (χ0v) is 24.3. The Morgan fingerprint density at radius 1 is 1.18 bits per heavy atom. The molecule has 0 bridgehead atoms. The number of hydrogen-bond acceptors (Lipinski definition) is 10. The minimum atomic E-state index is -1.92. The van der Waals surface area contributed by atoms with Crippen molar-refractivity contribution < 1.29 is 33.8 Å². The van der Waals surface area contributed by atoms with Crippen molar-refractivity contribution in [2.45, 2.75) is 76.3 Å². The second kappa shape index (κ2) is 12.5. The van der Waals surface area contributed by atoms with Gasteiger partial charge in [-0.05, 0) is 50.4 Å². The van der Waals surface area contributed by atoms with Crippen molar-refractivity contribution in [3.8, 4) is 11.4 Å². The van der Waals surface area contributed by atoms with Crippen LogP contribution in [-0.2, 0) is 47.4 Å². The SMILES string of the molecule is CC[C@@]1(OC(=O)CC[C@H](NC(=O)[C@@H](N)CCCCN)C(=O)O)C(=O)OCc2c1cc1n(c2=O)Cc2cc3ccccc3nc2-1. The summed E-state index contributed by atoms with van der Waals surface area (Å²) in [6, 6.07) is 8.87. The number of nitrogens with two attached hydrogens (primary N) is 2. The average Bonchev–Trinajstić information content (AvgIpc) is 3.37. The molecule has 5 rings (SSSR count). The lowest BCUT2D eigenvalue weighted by atomic mass is 9.85. The van der Waals surface area contributed by atoms with E-state index in [1.807, 2.05) is 30.3 Å². The molecule has 1 aromatic carbocycles. The fourth-order valence-corrected chi connectivity index (χ4v) is 5.77. The van der Waals surface area contributed by atoms with Crippen LogP contribution in [0, 0.1) is 0 Å². The van der Waals surface area contributed by atoms with Gasteiger partial charge < -0.3 is 35.9 Å². The zero-order valence-electron chi connectivity index (χ0n) is 24.3. The summed E-state index contributed by atoms with van der Waals surface area (Å²) in [5.74, 6) is -3.74. The van der Waals surface area contributed by atoms with Gasteiger partial charge in [-0.1, -0.05) is 31.5 Å². The summed E-state index contributed by atoms with van der Waals surface area (Å²) in [4.78, 5) is 69.1. The number of carbonyl (C=O) groups is 4. The van der Waals surface area contributed by atoms with Gasteiger partial charge in [-0.15, -0.1) is 0 Å². The molecule has 2 aliphatic rings. The first-order valence-electron chi connectivity index (χ1n) is 14.6. The molecule has 0 fully saturated rings. The van der Waals surface area contributed by atoms with Gasteiger partial charge in [-0.3, -0.25) is 14.4 Å². The van der Waals surface area contributed by atoms with Gasteiger partial charge in [-0.2, -0.15) is 0 Å². The van der Waals surface area contributed by atoms with Crippen LogP contribution in [0.2, 0.25) is 0 Å². The third-order valence-corrected chi connectivity index (χ3v) is 8.23. The lowest BCUT2D eigenvalue weighted by molar-refractivity contribution is -0.189. The highest BCUT2D eigenvalue weighted by Gasteiger charge is 2.50. The Kier molecular flexibility index (Phi) is 8.79. The van der Waals surface area contributed by atoms with E-state index in [1.165, 1.54) is 0 Å². The first kappa shape index (κ1) is 30.8. The minimum absolute atomic E-state index is 0.0395. The number of aliphatic carboxylic acids is 1. The number of carboxylic acids is 1. The van der Waals surface area contributed by atoms with E-state index in [9.17, 15) is 29.1 Å². The number of amides is 1. The number of benzene rings is 1. The molecule has 6 N–H and O–H groups in total. The van der Waals surface area contributed by atoms with Crippen LogP contribution >= 0.6 is 0 Å². The van der Waals surface area contributed by atoms with Gasteiger partial charge in [0.2, 0.25) is 11.5 Å². The van der Waals surface area contributed by atoms with Crippen molar-refractivity contribution in [1.82, 2.24) is 14.9 Å². The van der Waals surface area contributed by atoms with E-state index in [1.54, 1.807) is 17.6 Å². The average molecular weight is 606 g/mol. The standard InChI is InChI=1S/C31H35N5O8/c1-2-31(44-25(37)11-10-23(29(40)41)35-27(38)21(33)8-5-6-12-32)20-14-24-26-18(13-17-7-3-4-9-22(17)34-26)15-36(24)28(39)19(20)16-43-30(31)42/h3-4,7,9,13-14,21,23H,2,5-6,8,10-12,15-16,32-33H2,1H3,(H,35,38)(H,40,41)/t21-,23-,31-/m0/s1. The Morgan fingerprint density at radius 2 is 1.95 bits per heavy atom. The molecular weight excluding hydrogens is 570 g/mol. The van der Waals surface area contributed by atoms with Crippen molar-refractivity contribution in [3.05, 3.63) is 63.4 Å². The van der Waals surface area contributed by atoms with Crippen LogP contribution in [0.4, 0.5) is 0 Å². The highest BCUT2D eigenvalue weighted by Crippen LogP contribution is 2.41. The molecule has 0 saturated heterocycles. The Morgan fingerprint density at radius 3 is 2.68 bits per heavy atom. The fraction of sp³-hybridized carbons (Fsp3) is 0.419. The molecule has 0 aliphatic carbocycles. The van der Waals surface area contributed by atoms with Gasteiger partial charge in [0.1, 0.15) is 12.6 Å². The number of unbranched alkanes of at least 4 members (excludes halogenated alkanes) is 1. The number of aromatic nitrogens is 2. The minimum Gasteiger partial charge on any atom is -0.480 e. The molecule has 44 heavy (non-hydrogen) atoms. The van der Waals surface area contributed by atoms with Gasteiger partial charge in [0.05, 0.1) is 35.1 Å². The lowest BCUT2D eigenvalue weighted by Gasteiger charge is -2.35. The summed E-state index contributed by atoms with van der Waals surface area (Å²) in [7, 11) is 0. The van der Waals surface area contributed by atoms with Crippen molar-refractivity contribution in [2.24, 2.45) is 11.5 Å². The largest absolute Gasteiger partial charge is 0.480 e. The summed E-state index contributed by atoms with van der Waals surface area (Å²) >= 11 is 0. The number of esters is 2. The molecule has 3 aromatic rings. The fourth-order valence-electron chi connectivity index (χ4n) is 5.77. The zero-order chi connectivity index (χ0) is 31.6. The van der Waals surface area contributed by atoms with Crippen LogP contribution in [0.3, 0.4) is 0 Å². The van der Waals surface area contributed by atoms with Gasteiger partial charge >= 0.3 is 17.9 Å². The molecule has 4 heterocycles. The van der Waals surface area contributed by atoms with Gasteiger partial charge in [0.25, 0.3) is 5.56 Å². The van der Waals surface area contributed by atoms with E-state index in [0.29, 0.717) is 43.7 Å². The van der Waals surface area contributed by atoms with E-state index in [-0.39, 0.29) is 36.1 Å². The number of para-hydroxylation sites is 1. The molecular formula is C31H35N5O8. The second-order valence-electron chi connectivity index (χ2n) is 11.1. The molecule has 1 amide bonds. The molecule has 0 unspecified atom stereocenters. The van der Waals surface area contributed by atoms with Crippen molar-refractivity contribution in [2.75, 3.05) is 6.54 Å². The number of carboxylic acid groups (broad SMARTS) is 1. The van der Waals surface area contributed by atoms with E-state index < -0.39 is 47.9 Å². The van der Waals surface area contributed by atoms with Crippen LogP contribution in [-0.4, -0.2) is 57.1 Å². The summed E-state index contributed by atoms with van der Waals surface area (Å²) in [5.41, 5.74) is 12.1. The number of nitrogens with one attached hydrogen (secondary N) is 1.